The number of rotatable bonds is 24. The van der Waals surface area contributed by atoms with Crippen LogP contribution in [0.2, 0.25) is 0 Å². The monoisotopic (exact) mass is 848 g/mol. The molecule has 60 heavy (non-hydrogen) atoms. The number of nitrogens with zero attached hydrogens (tertiary/aromatic N) is 4. The number of ether oxygens (including phenoxy) is 8. The van der Waals surface area contributed by atoms with Gasteiger partial charge in [-0.05, 0) is 87.6 Å². The normalized spacial score (nSPS) is 21.2. The van der Waals surface area contributed by atoms with Gasteiger partial charge in [-0.15, -0.1) is 20.2 Å². The molecule has 1 saturated carbocycles. The summed E-state index contributed by atoms with van der Waals surface area (Å²) >= 11 is 0. The highest BCUT2D eigenvalue weighted by Crippen LogP contribution is 2.34. The van der Waals surface area contributed by atoms with Crippen LogP contribution >= 0.6 is 0 Å². The Labute approximate surface area is 348 Å². The van der Waals surface area contributed by atoms with Gasteiger partial charge in [0.25, 0.3) is 10.2 Å². The number of hydrogen-bond acceptors (Lipinski definition) is 17. The zero-order chi connectivity index (χ0) is 42.5. The van der Waals surface area contributed by atoms with E-state index < -0.39 is 40.7 Å². The van der Waals surface area contributed by atoms with Crippen molar-refractivity contribution in [1.29, 1.82) is 0 Å². The van der Waals surface area contributed by atoms with Gasteiger partial charge in [0.15, 0.2) is 6.10 Å². The molecule has 20 heteroatoms. The molecule has 20 nitrogen and oxygen atoms in total. The molecule has 3 atom stereocenters. The molecule has 1 aliphatic carbocycles. The van der Waals surface area contributed by atoms with Crippen LogP contribution in [0.4, 0.5) is 15.3 Å². The molecule has 0 spiro atoms. The Kier molecular flexibility index (Phi) is 18.8. The maximum Gasteiger partial charge on any atom is 0.508 e. The van der Waals surface area contributed by atoms with Crippen molar-refractivity contribution < 1.29 is 67.3 Å². The van der Waals surface area contributed by atoms with Crippen LogP contribution in [0.1, 0.15) is 63.4 Å². The molecule has 2 heterocycles. The Morgan fingerprint density at radius 1 is 0.800 bits per heavy atom. The molecule has 3 unspecified atom stereocenters. The van der Waals surface area contributed by atoms with E-state index in [-0.39, 0.29) is 71.2 Å². The quantitative estimate of drug-likeness (QED) is 0.0548. The van der Waals surface area contributed by atoms with Crippen molar-refractivity contribution in [3.8, 4) is 11.5 Å². The van der Waals surface area contributed by atoms with E-state index in [1.165, 1.54) is 4.90 Å². The number of fused-ring (bicyclic) bond motifs is 1. The molecular formula is C40H56N4O16. The zero-order valence-electron chi connectivity index (χ0n) is 34.0. The minimum Gasteiger partial charge on any atom is -0.490 e. The molecular weight excluding hydrogens is 792 g/mol. The van der Waals surface area contributed by atoms with Crippen LogP contribution in [-0.4, -0.2) is 131 Å². The second-order valence-corrected chi connectivity index (χ2v) is 14.6. The van der Waals surface area contributed by atoms with Gasteiger partial charge in [0.2, 0.25) is 0 Å². The molecule has 0 radical (unpaired) electrons. The van der Waals surface area contributed by atoms with Crippen molar-refractivity contribution in [3.05, 3.63) is 74.3 Å². The highest BCUT2D eigenvalue weighted by molar-refractivity contribution is 5.68. The standard InChI is InChI=1S/C40H56N4O16/c1-51-20-9-18-41-19-25-52-35-17-12-30(26-34(35)41)29-55-36-27-42(39(45)53-21-5-7-23-56-43(47)48)28-37(60-40(46)54-22-6-8-24-57-44(49)50)38(36)59-33-15-13-32(14-16-33)58-31-10-3-2-4-11-31/h2-4,10-12,17,26,32-33,36-38H,5-9,13-16,18-25,27-29H2,1H3. The highest BCUT2D eigenvalue weighted by atomic mass is 17.0. The average Bonchev–Trinajstić information content (AvgIpc) is 3.24. The SMILES string of the molecule is COCCCN1CCOc2ccc(COC3CN(C(=O)OCCCCO[N+](=O)[O-])CC(OC(=O)OCCCCO[N+](=O)[O-])C3OC3CCC(Oc4ccccc4)CC3)cc21. The van der Waals surface area contributed by atoms with E-state index in [9.17, 15) is 29.8 Å². The maximum absolute atomic E-state index is 13.5. The molecule has 332 valence electrons. The van der Waals surface area contributed by atoms with E-state index >= 15 is 0 Å². The van der Waals surface area contributed by atoms with Gasteiger partial charge >= 0.3 is 12.2 Å². The lowest BCUT2D eigenvalue weighted by Crippen LogP contribution is -2.60. The van der Waals surface area contributed by atoms with Crippen molar-refractivity contribution in [1.82, 2.24) is 4.90 Å². The largest absolute Gasteiger partial charge is 0.508 e. The molecule has 2 aromatic carbocycles. The van der Waals surface area contributed by atoms with Crippen LogP contribution in [0.15, 0.2) is 48.5 Å². The van der Waals surface area contributed by atoms with Crippen LogP contribution in [0.5, 0.6) is 11.5 Å². The predicted octanol–water partition coefficient (Wildman–Crippen LogP) is 5.53. The van der Waals surface area contributed by atoms with Crippen molar-refractivity contribution in [3.63, 3.8) is 0 Å². The molecule has 1 saturated heterocycles. The Hall–Kier alpha value is -5.34. The van der Waals surface area contributed by atoms with Gasteiger partial charge in [0, 0.05) is 20.3 Å². The summed E-state index contributed by atoms with van der Waals surface area (Å²) in [6, 6.07) is 15.5. The van der Waals surface area contributed by atoms with E-state index in [0.717, 1.165) is 55.1 Å². The summed E-state index contributed by atoms with van der Waals surface area (Å²) in [4.78, 5) is 59.9. The van der Waals surface area contributed by atoms with Crippen LogP contribution < -0.4 is 14.4 Å². The molecule has 2 aliphatic heterocycles. The van der Waals surface area contributed by atoms with Gasteiger partial charge in [0.05, 0.1) is 70.6 Å². The molecule has 5 rings (SSSR count). The molecule has 3 aliphatic rings. The van der Waals surface area contributed by atoms with Crippen molar-refractivity contribution in [2.24, 2.45) is 0 Å². The number of likely N-dealkylation sites (tertiary alicyclic amines) is 1. The summed E-state index contributed by atoms with van der Waals surface area (Å²) in [7, 11) is 1.68. The van der Waals surface area contributed by atoms with Crippen molar-refractivity contribution in [2.75, 3.05) is 77.8 Å². The second kappa shape index (κ2) is 24.7. The summed E-state index contributed by atoms with van der Waals surface area (Å²) in [6.45, 7) is 2.38. The third-order valence-electron chi connectivity index (χ3n) is 10.2. The minimum atomic E-state index is -1.04. The first-order chi connectivity index (χ1) is 29.2. The number of benzene rings is 2. The van der Waals surface area contributed by atoms with Crippen molar-refractivity contribution in [2.45, 2.75) is 94.9 Å². The number of amides is 1. The van der Waals surface area contributed by atoms with Crippen LogP contribution in [-0.2, 0) is 44.7 Å². The maximum atomic E-state index is 13.5. The Morgan fingerprint density at radius 2 is 1.47 bits per heavy atom. The lowest BCUT2D eigenvalue weighted by molar-refractivity contribution is -0.757. The summed E-state index contributed by atoms with van der Waals surface area (Å²) in [6.07, 6.45) is 0.219. The number of carbonyl (C=O) groups is 2. The van der Waals surface area contributed by atoms with E-state index in [0.29, 0.717) is 38.9 Å². The Morgan fingerprint density at radius 3 is 2.17 bits per heavy atom. The van der Waals surface area contributed by atoms with Gasteiger partial charge in [-0.2, -0.15) is 0 Å². The Bertz CT molecular complexity index is 1630. The lowest BCUT2D eigenvalue weighted by atomic mass is 9.93. The van der Waals surface area contributed by atoms with Gasteiger partial charge in [0.1, 0.15) is 30.3 Å². The molecule has 2 aromatic rings. The summed E-state index contributed by atoms with van der Waals surface area (Å²) in [5.41, 5.74) is 1.79. The summed E-state index contributed by atoms with van der Waals surface area (Å²) in [5, 5.41) is 19.2. The van der Waals surface area contributed by atoms with Gasteiger partial charge < -0.3 is 57.4 Å². The van der Waals surface area contributed by atoms with Crippen molar-refractivity contribution >= 4 is 17.9 Å². The summed E-state index contributed by atoms with van der Waals surface area (Å²) < 4.78 is 47.5. The molecule has 2 fully saturated rings. The van der Waals surface area contributed by atoms with E-state index in [1.54, 1.807) is 7.11 Å². The smallest absolute Gasteiger partial charge is 0.490 e. The topological polar surface area (TPSA) is 219 Å². The van der Waals surface area contributed by atoms with Gasteiger partial charge in [-0.25, -0.2) is 9.59 Å². The second-order valence-electron chi connectivity index (χ2n) is 14.6. The fourth-order valence-electron chi connectivity index (χ4n) is 7.23. The number of anilines is 1. The van der Waals surface area contributed by atoms with Crippen LogP contribution in [0.3, 0.4) is 0 Å². The lowest BCUT2D eigenvalue weighted by Gasteiger charge is -2.43. The third-order valence-corrected chi connectivity index (χ3v) is 10.2. The fourth-order valence-corrected chi connectivity index (χ4v) is 7.23. The predicted molar refractivity (Wildman–Crippen MR) is 211 cm³/mol. The first-order valence-corrected chi connectivity index (χ1v) is 20.5. The van der Waals surface area contributed by atoms with Crippen LogP contribution in [0, 0.1) is 20.2 Å². The number of unbranched alkanes of at least 4 members (excludes halogenated alkanes) is 2. The average molecular weight is 849 g/mol. The zero-order valence-corrected chi connectivity index (χ0v) is 34.0. The molecule has 0 N–H and O–H groups in total. The minimum absolute atomic E-state index is 0.00172. The first-order valence-electron chi connectivity index (χ1n) is 20.5. The van der Waals surface area contributed by atoms with E-state index in [1.807, 2.05) is 48.5 Å². The molecule has 1 amide bonds. The van der Waals surface area contributed by atoms with Gasteiger partial charge in [-0.1, -0.05) is 24.3 Å². The fraction of sp³-hybridized carbons (Fsp3) is 0.650. The van der Waals surface area contributed by atoms with Crippen LogP contribution in [0.25, 0.3) is 0 Å². The Balaban J connectivity index is 1.30. The van der Waals surface area contributed by atoms with E-state index in [4.69, 9.17) is 37.9 Å². The number of piperidine rings is 1. The van der Waals surface area contributed by atoms with E-state index in [2.05, 4.69) is 14.6 Å². The number of methoxy groups -OCH3 is 1. The van der Waals surface area contributed by atoms with Gasteiger partial charge in [-0.3, -0.25) is 0 Å². The number of hydrogen-bond donors (Lipinski definition) is 0. The highest BCUT2D eigenvalue weighted by Gasteiger charge is 2.45. The summed E-state index contributed by atoms with van der Waals surface area (Å²) in [5.74, 6) is 1.56. The third kappa shape index (κ3) is 15.4. The molecule has 0 bridgehead atoms. The number of carbonyl (C=O) groups excluding carboxylic acids is 2. The first kappa shape index (κ1) is 45.7. The molecule has 0 aromatic heterocycles. The number of para-hydroxylation sites is 1.